The molecule has 0 N–H and O–H groups in total. The summed E-state index contributed by atoms with van der Waals surface area (Å²) in [5, 5.41) is 9.30. The number of benzene rings is 1. The molecule has 0 saturated heterocycles. The van der Waals surface area contributed by atoms with Gasteiger partial charge in [0.15, 0.2) is 0 Å². The zero-order valence-corrected chi connectivity index (χ0v) is 12.1. The number of hydrogen-bond donors (Lipinski definition) is 0. The molecule has 0 aliphatic carbocycles. The van der Waals surface area contributed by atoms with Crippen LogP contribution >= 0.6 is 11.8 Å². The summed E-state index contributed by atoms with van der Waals surface area (Å²) in [6, 6.07) is 11.5. The summed E-state index contributed by atoms with van der Waals surface area (Å²) < 4.78 is 0. The van der Waals surface area contributed by atoms with Crippen molar-refractivity contribution in [2.24, 2.45) is 0 Å². The number of aromatic nitrogens is 2. The van der Waals surface area contributed by atoms with Gasteiger partial charge < -0.3 is 4.90 Å². The van der Waals surface area contributed by atoms with Crippen molar-refractivity contribution in [3.05, 3.63) is 53.2 Å². The Morgan fingerprint density at radius 1 is 1.25 bits per heavy atom. The molecular formula is C15H15N3OS. The largest absolute Gasteiger partial charge is 0.334 e. The van der Waals surface area contributed by atoms with Gasteiger partial charge in [-0.3, -0.25) is 4.79 Å². The summed E-state index contributed by atoms with van der Waals surface area (Å²) in [6.07, 6.45) is 2.75. The lowest BCUT2D eigenvalue weighted by atomic mass is 10.1. The van der Waals surface area contributed by atoms with E-state index in [1.54, 1.807) is 11.8 Å². The second kappa shape index (κ2) is 5.63. The Labute approximate surface area is 122 Å². The summed E-state index contributed by atoms with van der Waals surface area (Å²) in [5.74, 6) is 0.0822. The van der Waals surface area contributed by atoms with Crippen LogP contribution in [0.1, 0.15) is 21.6 Å². The average molecular weight is 285 g/mol. The lowest BCUT2D eigenvalue weighted by Crippen LogP contribution is -2.36. The molecule has 1 aromatic heterocycles. The topological polar surface area (TPSA) is 46.1 Å². The average Bonchev–Trinajstić information content (AvgIpc) is 2.54. The molecule has 0 spiro atoms. The Balaban J connectivity index is 1.83. The monoisotopic (exact) mass is 285 g/mol. The van der Waals surface area contributed by atoms with Gasteiger partial charge in [-0.15, -0.1) is 16.9 Å². The van der Waals surface area contributed by atoms with Gasteiger partial charge in [-0.25, -0.2) is 0 Å². The van der Waals surface area contributed by atoms with Gasteiger partial charge in [0.05, 0.1) is 5.69 Å². The Morgan fingerprint density at radius 2 is 2.05 bits per heavy atom. The van der Waals surface area contributed by atoms with Crippen molar-refractivity contribution in [1.29, 1.82) is 0 Å². The Bertz CT molecular complexity index is 630. The molecular weight excluding hydrogens is 270 g/mol. The summed E-state index contributed by atoms with van der Waals surface area (Å²) in [4.78, 5) is 14.3. The van der Waals surface area contributed by atoms with Crippen molar-refractivity contribution in [2.45, 2.75) is 18.0 Å². The van der Waals surface area contributed by atoms with Gasteiger partial charge in [-0.2, -0.15) is 5.10 Å². The molecule has 102 valence electrons. The van der Waals surface area contributed by atoms with E-state index in [0.29, 0.717) is 13.1 Å². The standard InChI is InChI=1S/C15H15N3OS/c1-20-14-9-12-10-18(8-7-13(12)16-17-14)15(19)11-5-3-2-4-6-11/h2-6,9H,7-8,10H2,1H3. The first-order chi connectivity index (χ1) is 9.78. The summed E-state index contributed by atoms with van der Waals surface area (Å²) in [6.45, 7) is 1.32. The van der Waals surface area contributed by atoms with E-state index in [0.717, 1.165) is 28.3 Å². The number of nitrogens with zero attached hydrogens (tertiary/aromatic N) is 3. The van der Waals surface area contributed by atoms with Gasteiger partial charge in [-0.05, 0) is 30.0 Å². The zero-order chi connectivity index (χ0) is 13.9. The summed E-state index contributed by atoms with van der Waals surface area (Å²) in [5.41, 5.74) is 2.86. The molecule has 0 saturated carbocycles. The summed E-state index contributed by atoms with van der Waals surface area (Å²) in [7, 11) is 0. The maximum absolute atomic E-state index is 12.4. The van der Waals surface area contributed by atoms with Crippen LogP contribution in [-0.2, 0) is 13.0 Å². The van der Waals surface area contributed by atoms with Crippen molar-refractivity contribution >= 4 is 17.7 Å². The molecule has 0 atom stereocenters. The van der Waals surface area contributed by atoms with Crippen LogP contribution in [0, 0.1) is 0 Å². The van der Waals surface area contributed by atoms with Crippen molar-refractivity contribution in [1.82, 2.24) is 15.1 Å². The smallest absolute Gasteiger partial charge is 0.254 e. The molecule has 1 aliphatic rings. The zero-order valence-electron chi connectivity index (χ0n) is 11.2. The van der Waals surface area contributed by atoms with Crippen LogP contribution in [0.2, 0.25) is 0 Å². The molecule has 1 amide bonds. The molecule has 2 heterocycles. The SMILES string of the molecule is CSc1cc2c(nn1)CCN(C(=O)c1ccccc1)C2. The highest BCUT2D eigenvalue weighted by atomic mass is 32.2. The highest BCUT2D eigenvalue weighted by molar-refractivity contribution is 7.98. The molecule has 3 rings (SSSR count). The van der Waals surface area contributed by atoms with E-state index in [1.165, 1.54) is 0 Å². The van der Waals surface area contributed by atoms with Crippen LogP contribution in [0.25, 0.3) is 0 Å². The third kappa shape index (κ3) is 2.54. The predicted molar refractivity (Wildman–Crippen MR) is 78.7 cm³/mol. The molecule has 0 bridgehead atoms. The minimum absolute atomic E-state index is 0.0822. The highest BCUT2D eigenvalue weighted by Gasteiger charge is 2.23. The van der Waals surface area contributed by atoms with Crippen LogP contribution in [0.5, 0.6) is 0 Å². The lowest BCUT2D eigenvalue weighted by Gasteiger charge is -2.28. The fourth-order valence-corrected chi connectivity index (χ4v) is 2.73. The van der Waals surface area contributed by atoms with Crippen molar-refractivity contribution < 1.29 is 4.79 Å². The second-order valence-corrected chi connectivity index (χ2v) is 5.53. The molecule has 5 heteroatoms. The maximum atomic E-state index is 12.4. The van der Waals surface area contributed by atoms with Gasteiger partial charge >= 0.3 is 0 Å². The maximum Gasteiger partial charge on any atom is 0.254 e. The number of carbonyl (C=O) groups excluding carboxylic acids is 1. The van der Waals surface area contributed by atoms with E-state index >= 15 is 0 Å². The lowest BCUT2D eigenvalue weighted by molar-refractivity contribution is 0.0733. The van der Waals surface area contributed by atoms with Gasteiger partial charge in [0.2, 0.25) is 0 Å². The van der Waals surface area contributed by atoms with Gasteiger partial charge in [0.25, 0.3) is 5.91 Å². The third-order valence-corrected chi connectivity index (χ3v) is 4.05. The first-order valence-electron chi connectivity index (χ1n) is 6.51. The van der Waals surface area contributed by atoms with Crippen LogP contribution in [-0.4, -0.2) is 33.8 Å². The van der Waals surface area contributed by atoms with E-state index in [2.05, 4.69) is 10.2 Å². The number of thioether (sulfide) groups is 1. The van der Waals surface area contributed by atoms with Crippen molar-refractivity contribution in [3.63, 3.8) is 0 Å². The number of hydrogen-bond acceptors (Lipinski definition) is 4. The van der Waals surface area contributed by atoms with Crippen LogP contribution in [0.4, 0.5) is 0 Å². The Kier molecular flexibility index (Phi) is 3.69. The van der Waals surface area contributed by atoms with E-state index in [9.17, 15) is 4.79 Å². The van der Waals surface area contributed by atoms with Gasteiger partial charge in [0, 0.05) is 25.1 Å². The molecule has 4 nitrogen and oxygen atoms in total. The molecule has 0 fully saturated rings. The Hall–Kier alpha value is -1.88. The van der Waals surface area contributed by atoms with Crippen molar-refractivity contribution in [2.75, 3.05) is 12.8 Å². The third-order valence-electron chi connectivity index (χ3n) is 3.43. The predicted octanol–water partition coefficient (Wildman–Crippen LogP) is 2.40. The van der Waals surface area contributed by atoms with Crippen LogP contribution in [0.3, 0.4) is 0 Å². The molecule has 20 heavy (non-hydrogen) atoms. The van der Waals surface area contributed by atoms with Gasteiger partial charge in [-0.1, -0.05) is 18.2 Å². The minimum Gasteiger partial charge on any atom is -0.334 e. The minimum atomic E-state index is 0.0822. The number of rotatable bonds is 2. The molecule has 2 aromatic rings. The van der Waals surface area contributed by atoms with E-state index in [-0.39, 0.29) is 5.91 Å². The molecule has 0 radical (unpaired) electrons. The fourth-order valence-electron chi connectivity index (χ4n) is 2.34. The van der Waals surface area contributed by atoms with Gasteiger partial charge in [0.1, 0.15) is 5.03 Å². The van der Waals surface area contributed by atoms with Crippen LogP contribution in [0.15, 0.2) is 41.4 Å². The van der Waals surface area contributed by atoms with E-state index in [4.69, 9.17) is 0 Å². The fraction of sp³-hybridized carbons (Fsp3) is 0.267. The van der Waals surface area contributed by atoms with E-state index in [1.807, 2.05) is 47.6 Å². The first kappa shape index (κ1) is 13.1. The number of fused-ring (bicyclic) bond motifs is 1. The number of amides is 1. The Morgan fingerprint density at radius 3 is 2.80 bits per heavy atom. The first-order valence-corrected chi connectivity index (χ1v) is 7.74. The quantitative estimate of drug-likeness (QED) is 0.795. The highest BCUT2D eigenvalue weighted by Crippen LogP contribution is 2.21. The normalized spacial score (nSPS) is 13.9. The molecule has 0 unspecified atom stereocenters. The second-order valence-electron chi connectivity index (χ2n) is 4.70. The van der Waals surface area contributed by atoms with Crippen LogP contribution < -0.4 is 0 Å². The molecule has 1 aromatic carbocycles. The van der Waals surface area contributed by atoms with E-state index < -0.39 is 0 Å². The molecule has 1 aliphatic heterocycles. The number of carbonyl (C=O) groups is 1. The van der Waals surface area contributed by atoms with Crippen molar-refractivity contribution in [3.8, 4) is 0 Å². The summed E-state index contributed by atoms with van der Waals surface area (Å²) >= 11 is 1.57.